The first-order valence-electron chi connectivity index (χ1n) is 10.7. The Morgan fingerprint density at radius 3 is 2.65 bits per heavy atom. The topological polar surface area (TPSA) is 62.7 Å². The molecule has 6 heteroatoms. The molecule has 1 aromatic carbocycles. The molecule has 1 aliphatic carbocycles. The van der Waals surface area contributed by atoms with Crippen LogP contribution in [0.3, 0.4) is 0 Å². The third-order valence-electron chi connectivity index (χ3n) is 6.64. The third-order valence-corrected chi connectivity index (χ3v) is 6.64. The molecular weight excluding hydrogens is 391 g/mol. The van der Waals surface area contributed by atoms with Crippen molar-refractivity contribution in [3.05, 3.63) is 75.6 Å². The van der Waals surface area contributed by atoms with Gasteiger partial charge in [-0.3, -0.25) is 9.89 Å². The number of fused-ring (bicyclic) bond motifs is 1. The lowest BCUT2D eigenvalue weighted by Crippen LogP contribution is -2.34. The van der Waals surface area contributed by atoms with Gasteiger partial charge in [0.2, 0.25) is 0 Å². The molecule has 5 nitrogen and oxygen atoms in total. The van der Waals surface area contributed by atoms with E-state index in [1.54, 1.807) is 12.1 Å². The Morgan fingerprint density at radius 1 is 1.16 bits per heavy atom. The zero-order chi connectivity index (χ0) is 22.1. The highest BCUT2D eigenvalue weighted by Gasteiger charge is 2.43. The highest BCUT2D eigenvalue weighted by Crippen LogP contribution is 2.50. The molecule has 2 N–H and O–H groups in total. The summed E-state index contributed by atoms with van der Waals surface area (Å²) in [6.45, 7) is 10.2. The molecule has 1 atom stereocenters. The van der Waals surface area contributed by atoms with Crippen LogP contribution in [-0.2, 0) is 4.79 Å². The predicted molar refractivity (Wildman–Crippen MR) is 119 cm³/mol. The number of Topliss-reactive ketones (excluding diaryl/α,β-unsaturated/α-hetero) is 1. The molecule has 2 aromatic heterocycles. The summed E-state index contributed by atoms with van der Waals surface area (Å²) in [4.78, 5) is 13.4. The first-order chi connectivity index (χ1) is 14.7. The fourth-order valence-electron chi connectivity index (χ4n) is 5.35. The molecule has 0 bridgehead atoms. The predicted octanol–water partition coefficient (Wildman–Crippen LogP) is 5.47. The van der Waals surface area contributed by atoms with Gasteiger partial charge in [0.15, 0.2) is 11.6 Å². The van der Waals surface area contributed by atoms with Crippen molar-refractivity contribution in [3.8, 4) is 5.69 Å². The quantitative estimate of drug-likeness (QED) is 0.580. The van der Waals surface area contributed by atoms with Crippen molar-refractivity contribution < 1.29 is 9.18 Å². The number of para-hydroxylation sites is 1. The Labute approximate surface area is 181 Å². The Kier molecular flexibility index (Phi) is 4.26. The summed E-state index contributed by atoms with van der Waals surface area (Å²) >= 11 is 0. The number of carbonyl (C=O) groups is 1. The van der Waals surface area contributed by atoms with Gasteiger partial charge in [-0.25, -0.2) is 4.39 Å². The monoisotopic (exact) mass is 418 g/mol. The lowest BCUT2D eigenvalue weighted by atomic mass is 9.69. The Morgan fingerprint density at radius 2 is 1.90 bits per heavy atom. The van der Waals surface area contributed by atoms with Crippen LogP contribution in [0.25, 0.3) is 5.69 Å². The first kappa shape index (κ1) is 19.8. The summed E-state index contributed by atoms with van der Waals surface area (Å²) in [5.41, 5.74) is 7.04. The number of aromatic amines is 1. The number of halogens is 1. The van der Waals surface area contributed by atoms with Gasteiger partial charge in [-0.2, -0.15) is 5.10 Å². The van der Waals surface area contributed by atoms with E-state index >= 15 is 0 Å². The van der Waals surface area contributed by atoms with E-state index in [4.69, 9.17) is 0 Å². The zero-order valence-corrected chi connectivity index (χ0v) is 18.6. The van der Waals surface area contributed by atoms with Gasteiger partial charge in [0, 0.05) is 46.3 Å². The summed E-state index contributed by atoms with van der Waals surface area (Å²) in [6.07, 6.45) is 1.31. The van der Waals surface area contributed by atoms with Crippen LogP contribution < -0.4 is 5.32 Å². The van der Waals surface area contributed by atoms with E-state index in [-0.39, 0.29) is 22.9 Å². The van der Waals surface area contributed by atoms with Crippen LogP contribution in [0.15, 0.2) is 41.6 Å². The van der Waals surface area contributed by atoms with Crippen molar-refractivity contribution in [2.45, 2.75) is 53.4 Å². The molecule has 2 aliphatic rings. The minimum Gasteiger partial charge on any atom is -0.342 e. The average molecular weight is 419 g/mol. The number of nitrogens with zero attached hydrogens (tertiary/aromatic N) is 2. The van der Waals surface area contributed by atoms with Crippen LogP contribution in [0.5, 0.6) is 0 Å². The Bertz CT molecular complexity index is 1260. The van der Waals surface area contributed by atoms with Gasteiger partial charge in [-0.15, -0.1) is 0 Å². The van der Waals surface area contributed by atoms with Gasteiger partial charge in [-0.05, 0) is 56.4 Å². The van der Waals surface area contributed by atoms with E-state index in [1.807, 2.05) is 31.4 Å². The highest BCUT2D eigenvalue weighted by atomic mass is 19.1. The third kappa shape index (κ3) is 2.96. The van der Waals surface area contributed by atoms with Gasteiger partial charge >= 0.3 is 0 Å². The van der Waals surface area contributed by atoms with Gasteiger partial charge in [0.1, 0.15) is 5.82 Å². The van der Waals surface area contributed by atoms with Crippen LogP contribution in [0.4, 0.5) is 10.2 Å². The van der Waals surface area contributed by atoms with Crippen molar-refractivity contribution >= 4 is 11.6 Å². The minimum atomic E-state index is -0.267. The largest absolute Gasteiger partial charge is 0.342 e. The van der Waals surface area contributed by atoms with Crippen molar-refractivity contribution in [2.75, 3.05) is 5.32 Å². The van der Waals surface area contributed by atoms with Crippen LogP contribution in [-0.4, -0.2) is 20.5 Å². The molecule has 0 fully saturated rings. The number of H-pyrrole nitrogens is 1. The number of benzene rings is 1. The van der Waals surface area contributed by atoms with E-state index in [0.29, 0.717) is 12.1 Å². The van der Waals surface area contributed by atoms with E-state index in [0.717, 1.165) is 51.7 Å². The molecular formula is C25H27FN4O. The number of rotatable bonds is 2. The number of aromatic nitrogens is 3. The molecule has 0 spiro atoms. The molecule has 0 amide bonds. The summed E-state index contributed by atoms with van der Waals surface area (Å²) < 4.78 is 16.6. The maximum Gasteiger partial charge on any atom is 0.162 e. The molecule has 3 heterocycles. The molecule has 0 unspecified atom stereocenters. The Balaban J connectivity index is 1.75. The number of allylic oxidation sites excluding steroid dienone is 2. The standard InChI is InChI=1S/C25H27FN4O/c1-13-10-16(15(3)30(13)19-9-7-6-8-17(19)26)22-21-14(2)28-29-24(21)27-18-11-25(4,5)12-20(31)23(18)22/h6-10,22H,11-12H2,1-5H3,(H2,27,28,29)/t22-/m1/s1. The molecule has 160 valence electrons. The highest BCUT2D eigenvalue weighted by molar-refractivity contribution is 6.01. The van der Waals surface area contributed by atoms with E-state index < -0.39 is 0 Å². The van der Waals surface area contributed by atoms with Gasteiger partial charge in [-0.1, -0.05) is 26.0 Å². The van der Waals surface area contributed by atoms with Crippen LogP contribution >= 0.6 is 0 Å². The van der Waals surface area contributed by atoms with Crippen LogP contribution in [0.2, 0.25) is 0 Å². The molecule has 1 aliphatic heterocycles. The molecule has 3 aromatic rings. The fraction of sp³-hybridized carbons (Fsp3) is 0.360. The van der Waals surface area contributed by atoms with Crippen molar-refractivity contribution in [2.24, 2.45) is 5.41 Å². The average Bonchev–Trinajstić information content (AvgIpc) is 3.19. The molecule has 5 rings (SSSR count). The second-order valence-electron chi connectivity index (χ2n) is 9.62. The lowest BCUT2D eigenvalue weighted by Gasteiger charge is -2.38. The maximum absolute atomic E-state index is 14.6. The summed E-state index contributed by atoms with van der Waals surface area (Å²) in [5, 5.41) is 11.0. The second-order valence-corrected chi connectivity index (χ2v) is 9.62. The zero-order valence-electron chi connectivity index (χ0n) is 18.6. The fourth-order valence-corrected chi connectivity index (χ4v) is 5.35. The summed E-state index contributed by atoms with van der Waals surface area (Å²) in [6, 6.07) is 8.89. The van der Waals surface area contributed by atoms with Crippen molar-refractivity contribution in [1.82, 2.24) is 14.8 Å². The minimum absolute atomic E-state index is 0.0968. The molecule has 31 heavy (non-hydrogen) atoms. The SMILES string of the molecule is Cc1[nH]nc2c1[C@@H](c1cc(C)n(-c3ccccc3F)c1C)C1=C(CC(C)(C)CC1=O)N2. The number of carbonyl (C=O) groups excluding carboxylic acids is 1. The van der Waals surface area contributed by atoms with Crippen LogP contribution in [0.1, 0.15) is 60.8 Å². The molecule has 0 saturated heterocycles. The summed E-state index contributed by atoms with van der Waals surface area (Å²) in [7, 11) is 0. The number of hydrogen-bond acceptors (Lipinski definition) is 3. The number of ketones is 1. The van der Waals surface area contributed by atoms with Crippen molar-refractivity contribution in [3.63, 3.8) is 0 Å². The van der Waals surface area contributed by atoms with E-state index in [1.165, 1.54) is 6.07 Å². The van der Waals surface area contributed by atoms with Crippen LogP contribution in [0, 0.1) is 32.0 Å². The molecule has 0 radical (unpaired) electrons. The number of hydrogen-bond donors (Lipinski definition) is 2. The number of nitrogens with one attached hydrogen (secondary N) is 2. The van der Waals surface area contributed by atoms with Gasteiger partial charge < -0.3 is 9.88 Å². The Hall–Kier alpha value is -3.15. The molecule has 0 saturated carbocycles. The second kappa shape index (κ2) is 6.67. The van der Waals surface area contributed by atoms with Gasteiger partial charge in [0.05, 0.1) is 5.69 Å². The maximum atomic E-state index is 14.6. The lowest BCUT2D eigenvalue weighted by molar-refractivity contribution is -0.118. The normalized spacial score (nSPS) is 19.8. The number of anilines is 1. The smallest absolute Gasteiger partial charge is 0.162 e. The van der Waals surface area contributed by atoms with E-state index in [9.17, 15) is 9.18 Å². The van der Waals surface area contributed by atoms with Crippen molar-refractivity contribution in [1.29, 1.82) is 0 Å². The van der Waals surface area contributed by atoms with E-state index in [2.05, 4.69) is 35.4 Å². The first-order valence-corrected chi connectivity index (χ1v) is 10.7. The summed E-state index contributed by atoms with van der Waals surface area (Å²) in [5.74, 6) is 0.463. The number of aryl methyl sites for hydroxylation is 2. The van der Waals surface area contributed by atoms with Gasteiger partial charge in [0.25, 0.3) is 0 Å².